The third-order valence-corrected chi connectivity index (χ3v) is 5.11. The van der Waals surface area contributed by atoms with Crippen LogP contribution < -0.4 is 10.2 Å². The highest BCUT2D eigenvalue weighted by molar-refractivity contribution is 6.62. The monoisotopic (exact) mass is 362 g/mol. The Morgan fingerprint density at radius 2 is 1.60 bits per heavy atom. The third kappa shape index (κ3) is 3.69. The van der Waals surface area contributed by atoms with Crippen LogP contribution in [0.3, 0.4) is 0 Å². The van der Waals surface area contributed by atoms with Crippen molar-refractivity contribution < 1.29 is 18.4 Å². The molecule has 0 aliphatic carbocycles. The predicted molar refractivity (Wildman–Crippen MR) is 97.9 cm³/mol. The molecule has 6 heteroatoms. The predicted octanol–water partition coefficient (Wildman–Crippen LogP) is 4.36. The number of rotatable bonds is 4. The third-order valence-electron chi connectivity index (χ3n) is 4.82. The first-order valence-corrected chi connectivity index (χ1v) is 8.59. The molecule has 25 heavy (non-hydrogen) atoms. The average molecular weight is 363 g/mol. The quantitative estimate of drug-likeness (QED) is 0.757. The number of hydrogen-bond acceptors (Lipinski definition) is 3. The van der Waals surface area contributed by atoms with Gasteiger partial charge in [-0.25, -0.2) is 4.39 Å². The van der Waals surface area contributed by atoms with E-state index in [-0.39, 0.29) is 28.6 Å². The van der Waals surface area contributed by atoms with Gasteiger partial charge in [-0.1, -0.05) is 41.9 Å². The van der Waals surface area contributed by atoms with Crippen molar-refractivity contribution >= 4 is 24.2 Å². The van der Waals surface area contributed by atoms with E-state index in [0.717, 1.165) is 11.0 Å². The van der Waals surface area contributed by atoms with Crippen molar-refractivity contribution in [3.8, 4) is 5.75 Å². The van der Waals surface area contributed by atoms with Crippen molar-refractivity contribution in [3.63, 3.8) is 0 Å². The highest BCUT2D eigenvalue weighted by Gasteiger charge is 2.51. The largest absolute Gasteiger partial charge is 0.494 e. The zero-order valence-electron chi connectivity index (χ0n) is 14.8. The van der Waals surface area contributed by atoms with Gasteiger partial charge in [0.15, 0.2) is 11.6 Å². The molecule has 3 nitrogen and oxygen atoms in total. The Morgan fingerprint density at radius 3 is 2.20 bits per heavy atom. The van der Waals surface area contributed by atoms with Crippen LogP contribution in [0.5, 0.6) is 5.75 Å². The van der Waals surface area contributed by atoms with Gasteiger partial charge in [0.1, 0.15) is 6.61 Å². The van der Waals surface area contributed by atoms with Crippen LogP contribution in [0.25, 0.3) is 0 Å². The molecule has 1 saturated heterocycles. The Hall–Kier alpha value is -1.56. The molecule has 1 fully saturated rings. The van der Waals surface area contributed by atoms with Crippen LogP contribution in [0.1, 0.15) is 33.3 Å². The van der Waals surface area contributed by atoms with Crippen LogP contribution in [0.4, 0.5) is 4.39 Å². The van der Waals surface area contributed by atoms with Gasteiger partial charge in [0.25, 0.3) is 0 Å². The molecule has 1 heterocycles. The maximum Gasteiger partial charge on any atom is 0.494 e. The first kappa shape index (κ1) is 18.2. The molecular weight excluding hydrogens is 341 g/mol. The Bertz CT molecular complexity index is 746. The Kier molecular flexibility index (Phi) is 4.84. The van der Waals surface area contributed by atoms with Gasteiger partial charge >= 0.3 is 7.12 Å². The summed E-state index contributed by atoms with van der Waals surface area (Å²) in [5, 5.41) is 0.0496. The van der Waals surface area contributed by atoms with Crippen LogP contribution in [0, 0.1) is 5.82 Å². The van der Waals surface area contributed by atoms with Crippen molar-refractivity contribution in [2.45, 2.75) is 45.5 Å². The summed E-state index contributed by atoms with van der Waals surface area (Å²) in [4.78, 5) is 0. The highest BCUT2D eigenvalue weighted by Crippen LogP contribution is 2.36. The van der Waals surface area contributed by atoms with Gasteiger partial charge in [0, 0.05) is 0 Å². The van der Waals surface area contributed by atoms with Crippen LogP contribution >= 0.6 is 11.6 Å². The molecule has 1 aliphatic heterocycles. The minimum Gasteiger partial charge on any atom is -0.486 e. The molecule has 1 aliphatic rings. The van der Waals surface area contributed by atoms with Gasteiger partial charge in [-0.15, -0.1) is 0 Å². The van der Waals surface area contributed by atoms with E-state index in [9.17, 15) is 4.39 Å². The molecule has 0 atom stereocenters. The Labute approximate surface area is 153 Å². The van der Waals surface area contributed by atoms with Crippen molar-refractivity contribution in [1.29, 1.82) is 0 Å². The molecule has 0 radical (unpaired) electrons. The highest BCUT2D eigenvalue weighted by atomic mass is 35.5. The van der Waals surface area contributed by atoms with Gasteiger partial charge in [-0.3, -0.25) is 0 Å². The lowest BCUT2D eigenvalue weighted by Gasteiger charge is -2.32. The summed E-state index contributed by atoms with van der Waals surface area (Å²) in [6.45, 7) is 8.34. The van der Waals surface area contributed by atoms with E-state index in [1.807, 2.05) is 52.0 Å². The average Bonchev–Trinajstić information content (AvgIpc) is 2.77. The van der Waals surface area contributed by atoms with Gasteiger partial charge in [-0.05, 0) is 50.9 Å². The van der Waals surface area contributed by atoms with Gasteiger partial charge in [-0.2, -0.15) is 0 Å². The normalized spacial score (nSPS) is 18.4. The number of halogens is 2. The summed E-state index contributed by atoms with van der Waals surface area (Å²) in [6.07, 6.45) is 0. The molecule has 2 aromatic rings. The summed E-state index contributed by atoms with van der Waals surface area (Å²) in [5.74, 6) is -0.402. The van der Waals surface area contributed by atoms with E-state index in [1.165, 1.54) is 6.07 Å². The van der Waals surface area contributed by atoms with Crippen LogP contribution in [0.15, 0.2) is 42.5 Å². The first-order chi connectivity index (χ1) is 11.7. The molecule has 3 rings (SSSR count). The molecule has 0 amide bonds. The number of hydrogen-bond donors (Lipinski definition) is 0. The second-order valence-electron chi connectivity index (χ2n) is 7.17. The van der Waals surface area contributed by atoms with Gasteiger partial charge < -0.3 is 14.0 Å². The summed E-state index contributed by atoms with van der Waals surface area (Å²) in [7, 11) is -0.398. The SMILES string of the molecule is CC1(C)OB(c2ccc(COc3cccc(Cl)c3F)cc2)OC1(C)C. The summed E-state index contributed by atoms with van der Waals surface area (Å²) >= 11 is 5.75. The molecule has 0 unspecified atom stereocenters. The molecular formula is C19H21BClFO3. The van der Waals surface area contributed by atoms with Crippen molar-refractivity contribution in [2.75, 3.05) is 0 Å². The van der Waals surface area contributed by atoms with Crippen molar-refractivity contribution in [2.24, 2.45) is 0 Å². The minimum atomic E-state index is -0.544. The molecule has 0 aromatic heterocycles. The van der Waals surface area contributed by atoms with Crippen LogP contribution in [-0.2, 0) is 15.9 Å². The van der Waals surface area contributed by atoms with Crippen molar-refractivity contribution in [1.82, 2.24) is 0 Å². The zero-order chi connectivity index (χ0) is 18.2. The second-order valence-corrected chi connectivity index (χ2v) is 7.58. The minimum absolute atomic E-state index is 0.0496. The zero-order valence-corrected chi connectivity index (χ0v) is 15.6. The Morgan fingerprint density at radius 1 is 1.00 bits per heavy atom. The fraction of sp³-hybridized carbons (Fsp3) is 0.368. The fourth-order valence-electron chi connectivity index (χ4n) is 2.51. The number of ether oxygens (including phenoxy) is 1. The van der Waals surface area contributed by atoms with E-state index in [1.54, 1.807) is 12.1 Å². The maximum absolute atomic E-state index is 13.8. The van der Waals surface area contributed by atoms with E-state index >= 15 is 0 Å². The molecule has 2 aromatic carbocycles. The fourth-order valence-corrected chi connectivity index (χ4v) is 2.67. The first-order valence-electron chi connectivity index (χ1n) is 8.21. The van der Waals surface area contributed by atoms with Gasteiger partial charge in [0.2, 0.25) is 0 Å². The Balaban J connectivity index is 1.66. The second kappa shape index (κ2) is 6.63. The van der Waals surface area contributed by atoms with Crippen LogP contribution in [-0.4, -0.2) is 18.3 Å². The lowest BCUT2D eigenvalue weighted by atomic mass is 9.79. The van der Waals surface area contributed by atoms with E-state index in [0.29, 0.717) is 0 Å². The summed E-state index contributed by atoms with van der Waals surface area (Å²) in [6, 6.07) is 12.4. The van der Waals surface area contributed by atoms with Crippen molar-refractivity contribution in [3.05, 3.63) is 58.9 Å². The molecule has 0 N–H and O–H groups in total. The lowest BCUT2D eigenvalue weighted by molar-refractivity contribution is 0.00578. The van der Waals surface area contributed by atoms with E-state index in [2.05, 4.69) is 0 Å². The van der Waals surface area contributed by atoms with Gasteiger partial charge in [0.05, 0.1) is 16.2 Å². The van der Waals surface area contributed by atoms with E-state index < -0.39 is 12.9 Å². The van der Waals surface area contributed by atoms with E-state index in [4.69, 9.17) is 25.6 Å². The molecule has 0 bridgehead atoms. The molecule has 132 valence electrons. The maximum atomic E-state index is 13.8. The molecule has 0 spiro atoms. The molecule has 0 saturated carbocycles. The lowest BCUT2D eigenvalue weighted by Crippen LogP contribution is -2.41. The van der Waals surface area contributed by atoms with Crippen LogP contribution in [0.2, 0.25) is 5.02 Å². The number of benzene rings is 2. The standard InChI is InChI=1S/C19H21BClFO3/c1-18(2)19(3,4)25-20(24-18)14-10-8-13(9-11-14)12-23-16-7-5-6-15(21)17(16)22/h5-11H,12H2,1-4H3. The smallest absolute Gasteiger partial charge is 0.486 e. The summed E-state index contributed by atoms with van der Waals surface area (Å²) < 4.78 is 31.4. The summed E-state index contributed by atoms with van der Waals surface area (Å²) in [5.41, 5.74) is 1.11. The topological polar surface area (TPSA) is 27.7 Å².